The van der Waals surface area contributed by atoms with E-state index in [1.54, 1.807) is 13.2 Å². The van der Waals surface area contributed by atoms with Crippen LogP contribution in [0.4, 0.5) is 0 Å². The van der Waals surface area contributed by atoms with Gasteiger partial charge in [-0.3, -0.25) is 4.79 Å². The van der Waals surface area contributed by atoms with Crippen LogP contribution in [0.1, 0.15) is 10.4 Å². The number of ether oxygens (including phenoxy) is 2. The van der Waals surface area contributed by atoms with Crippen molar-refractivity contribution in [3.8, 4) is 22.6 Å². The molecule has 0 spiro atoms. The molecule has 0 amide bonds. The molecule has 3 N–H and O–H groups in total. The fourth-order valence-electron chi connectivity index (χ4n) is 2.81. The number of methoxy groups -OCH3 is 2. The maximum absolute atomic E-state index is 12.3. The molecule has 0 saturated heterocycles. The number of nitrogens with one attached hydrogen (secondary N) is 1. The number of fused-ring (bicyclic) bond motifs is 1. The highest BCUT2D eigenvalue weighted by molar-refractivity contribution is 6.14. The van der Waals surface area contributed by atoms with Crippen molar-refractivity contribution in [2.24, 2.45) is 5.73 Å². The van der Waals surface area contributed by atoms with Gasteiger partial charge in [-0.2, -0.15) is 0 Å². The van der Waals surface area contributed by atoms with E-state index in [-0.39, 0.29) is 12.3 Å². The first-order valence-corrected chi connectivity index (χ1v) is 7.26. The molecule has 0 bridgehead atoms. The zero-order valence-electron chi connectivity index (χ0n) is 13.1. The summed E-state index contributed by atoms with van der Waals surface area (Å²) in [6.07, 6.45) is 1.87. The van der Waals surface area contributed by atoms with Crippen LogP contribution in [-0.2, 0) is 0 Å². The first kappa shape index (κ1) is 15.1. The van der Waals surface area contributed by atoms with Gasteiger partial charge in [-0.05, 0) is 5.56 Å². The molecule has 3 rings (SSSR count). The van der Waals surface area contributed by atoms with Crippen LogP contribution in [0.3, 0.4) is 0 Å². The van der Waals surface area contributed by atoms with Crippen LogP contribution in [0.5, 0.6) is 11.5 Å². The minimum atomic E-state index is -0.184. The van der Waals surface area contributed by atoms with Gasteiger partial charge in [0.25, 0.3) is 0 Å². The van der Waals surface area contributed by atoms with Crippen LogP contribution in [0.15, 0.2) is 42.6 Å². The maximum Gasteiger partial charge on any atom is 0.182 e. The summed E-state index contributed by atoms with van der Waals surface area (Å²) in [4.78, 5) is 15.5. The van der Waals surface area contributed by atoms with Crippen LogP contribution < -0.4 is 15.2 Å². The van der Waals surface area contributed by atoms with Gasteiger partial charge in [0.15, 0.2) is 5.78 Å². The Kier molecular flexibility index (Phi) is 4.04. The van der Waals surface area contributed by atoms with Crippen LogP contribution in [0.25, 0.3) is 22.0 Å². The van der Waals surface area contributed by atoms with Gasteiger partial charge in [0.05, 0.1) is 37.2 Å². The normalized spacial score (nSPS) is 10.7. The standard InChI is InChI=1S/C18H18N2O3/c1-22-14-8-15(23-2)17(13(21)9-19)18-16(14)12(10-20-18)11-6-4-3-5-7-11/h3-8,10,20H,9,19H2,1-2H3. The summed E-state index contributed by atoms with van der Waals surface area (Å²) in [7, 11) is 3.12. The molecule has 1 heterocycles. The third-order valence-corrected chi connectivity index (χ3v) is 3.87. The number of carbonyl (C=O) groups is 1. The fraction of sp³-hybridized carbons (Fsp3) is 0.167. The Labute approximate surface area is 134 Å². The zero-order valence-corrected chi connectivity index (χ0v) is 13.1. The molecule has 1 aromatic heterocycles. The Morgan fingerprint density at radius 3 is 2.43 bits per heavy atom. The Bertz CT molecular complexity index is 854. The summed E-state index contributed by atoms with van der Waals surface area (Å²) < 4.78 is 10.9. The molecule has 0 aliphatic rings. The highest BCUT2D eigenvalue weighted by atomic mass is 16.5. The summed E-state index contributed by atoms with van der Waals surface area (Å²) in [6, 6.07) is 11.6. The van der Waals surface area contributed by atoms with E-state index in [2.05, 4.69) is 4.98 Å². The molecule has 23 heavy (non-hydrogen) atoms. The molecule has 0 radical (unpaired) electrons. The second-order valence-corrected chi connectivity index (χ2v) is 5.10. The van der Waals surface area contributed by atoms with Gasteiger partial charge in [0.2, 0.25) is 0 Å². The quantitative estimate of drug-likeness (QED) is 0.710. The lowest BCUT2D eigenvalue weighted by atomic mass is 9.99. The molecule has 0 aliphatic carbocycles. The third-order valence-electron chi connectivity index (χ3n) is 3.87. The molecule has 0 unspecified atom stereocenters. The maximum atomic E-state index is 12.3. The summed E-state index contributed by atoms with van der Waals surface area (Å²) in [6.45, 7) is -0.0858. The number of Topliss-reactive ketones (excluding diaryl/α,β-unsaturated/α-hetero) is 1. The second-order valence-electron chi connectivity index (χ2n) is 5.10. The summed E-state index contributed by atoms with van der Waals surface area (Å²) in [5.41, 5.74) is 8.68. The van der Waals surface area contributed by atoms with Crippen LogP contribution in [0, 0.1) is 0 Å². The van der Waals surface area contributed by atoms with Crippen molar-refractivity contribution in [2.75, 3.05) is 20.8 Å². The number of H-pyrrole nitrogens is 1. The predicted octanol–water partition coefficient (Wildman–Crippen LogP) is 2.99. The summed E-state index contributed by atoms with van der Waals surface area (Å²) >= 11 is 0. The van der Waals surface area contributed by atoms with Crippen molar-refractivity contribution in [3.05, 3.63) is 48.2 Å². The van der Waals surface area contributed by atoms with Gasteiger partial charge in [-0.25, -0.2) is 0 Å². The van der Waals surface area contributed by atoms with Crippen molar-refractivity contribution >= 4 is 16.7 Å². The van der Waals surface area contributed by atoms with Crippen molar-refractivity contribution < 1.29 is 14.3 Å². The first-order chi connectivity index (χ1) is 11.2. The van der Waals surface area contributed by atoms with Crippen molar-refractivity contribution in [2.45, 2.75) is 0 Å². The van der Waals surface area contributed by atoms with Gasteiger partial charge < -0.3 is 20.2 Å². The molecular formula is C18H18N2O3. The number of rotatable bonds is 5. The number of benzene rings is 2. The van der Waals surface area contributed by atoms with Crippen LogP contribution in [-0.4, -0.2) is 31.5 Å². The van der Waals surface area contributed by atoms with E-state index in [1.165, 1.54) is 7.11 Å². The van der Waals surface area contributed by atoms with Gasteiger partial charge in [-0.15, -0.1) is 0 Å². The average molecular weight is 310 g/mol. The van der Waals surface area contributed by atoms with E-state index in [4.69, 9.17) is 15.2 Å². The first-order valence-electron chi connectivity index (χ1n) is 7.26. The molecule has 5 nitrogen and oxygen atoms in total. The molecule has 3 aromatic rings. The van der Waals surface area contributed by atoms with Crippen molar-refractivity contribution in [1.29, 1.82) is 0 Å². The molecule has 5 heteroatoms. The Morgan fingerprint density at radius 1 is 1.13 bits per heavy atom. The Hall–Kier alpha value is -2.79. The second kappa shape index (κ2) is 6.14. The highest BCUT2D eigenvalue weighted by Gasteiger charge is 2.22. The molecule has 2 aromatic carbocycles. The van der Waals surface area contributed by atoms with Gasteiger partial charge in [-0.1, -0.05) is 30.3 Å². The molecular weight excluding hydrogens is 292 g/mol. The van der Waals surface area contributed by atoms with Crippen molar-refractivity contribution in [3.63, 3.8) is 0 Å². The third kappa shape index (κ3) is 2.45. The lowest BCUT2D eigenvalue weighted by molar-refractivity contribution is 0.1000. The number of aromatic nitrogens is 1. The summed E-state index contributed by atoms with van der Waals surface area (Å²) in [5.74, 6) is 0.910. The minimum Gasteiger partial charge on any atom is -0.496 e. The molecule has 0 aliphatic heterocycles. The van der Waals surface area contributed by atoms with E-state index >= 15 is 0 Å². The average Bonchev–Trinajstić information content (AvgIpc) is 3.05. The van der Waals surface area contributed by atoms with E-state index in [0.717, 1.165) is 16.5 Å². The van der Waals surface area contributed by atoms with E-state index in [9.17, 15) is 4.79 Å². The Morgan fingerprint density at radius 2 is 1.83 bits per heavy atom. The van der Waals surface area contributed by atoms with Gasteiger partial charge in [0.1, 0.15) is 11.5 Å². The zero-order chi connectivity index (χ0) is 16.4. The topological polar surface area (TPSA) is 77.3 Å². The van der Waals surface area contributed by atoms with E-state index in [1.807, 2.05) is 36.5 Å². The molecule has 118 valence electrons. The van der Waals surface area contributed by atoms with Gasteiger partial charge in [0, 0.05) is 17.8 Å². The van der Waals surface area contributed by atoms with E-state index < -0.39 is 0 Å². The van der Waals surface area contributed by atoms with Crippen molar-refractivity contribution in [1.82, 2.24) is 4.98 Å². The fourth-order valence-corrected chi connectivity index (χ4v) is 2.81. The predicted molar refractivity (Wildman–Crippen MR) is 90.2 cm³/mol. The Balaban J connectivity index is 2.37. The highest BCUT2D eigenvalue weighted by Crippen LogP contribution is 2.41. The monoisotopic (exact) mass is 310 g/mol. The SMILES string of the molecule is COc1cc(OC)c2c(-c3ccccc3)c[nH]c2c1C(=O)CN. The number of ketones is 1. The smallest absolute Gasteiger partial charge is 0.182 e. The van der Waals surface area contributed by atoms with Gasteiger partial charge >= 0.3 is 0 Å². The number of hydrogen-bond acceptors (Lipinski definition) is 4. The molecule has 0 fully saturated rings. The molecule has 0 saturated carbocycles. The van der Waals surface area contributed by atoms with Crippen LogP contribution >= 0.6 is 0 Å². The lowest BCUT2D eigenvalue weighted by Crippen LogP contribution is -2.15. The van der Waals surface area contributed by atoms with Crippen LogP contribution in [0.2, 0.25) is 0 Å². The number of nitrogens with two attached hydrogens (primary N) is 1. The lowest BCUT2D eigenvalue weighted by Gasteiger charge is -2.12. The largest absolute Gasteiger partial charge is 0.496 e. The molecule has 0 atom stereocenters. The van der Waals surface area contributed by atoms with E-state index in [0.29, 0.717) is 22.6 Å². The number of carbonyl (C=O) groups excluding carboxylic acids is 1. The summed E-state index contributed by atoms with van der Waals surface area (Å²) in [5, 5.41) is 0.844. The number of hydrogen-bond donors (Lipinski definition) is 2. The minimum absolute atomic E-state index is 0.0858. The number of aromatic amines is 1.